The molecule has 52 heavy (non-hydrogen) atoms. The van der Waals surface area contributed by atoms with Gasteiger partial charge in [-0.2, -0.15) is 0 Å². The second kappa shape index (κ2) is 14.4. The van der Waals surface area contributed by atoms with Crippen molar-refractivity contribution in [2.45, 2.75) is 73.4 Å². The lowest BCUT2D eigenvalue weighted by Gasteiger charge is -2.50. The van der Waals surface area contributed by atoms with Gasteiger partial charge in [-0.15, -0.1) is 0 Å². The first-order chi connectivity index (χ1) is 24.4. The van der Waals surface area contributed by atoms with E-state index >= 15 is 0 Å². The molecule has 9 atom stereocenters. The molecule has 0 unspecified atom stereocenters. The van der Waals surface area contributed by atoms with Crippen molar-refractivity contribution in [3.63, 3.8) is 0 Å². The first kappa shape index (κ1) is 38.6. The van der Waals surface area contributed by atoms with Crippen molar-refractivity contribution in [1.29, 1.82) is 0 Å². The maximum absolute atomic E-state index is 13.1. The van der Waals surface area contributed by atoms with E-state index in [9.17, 15) is 80.8 Å². The number of rotatable bonds is 10. The molecule has 2 fully saturated rings. The van der Waals surface area contributed by atoms with Gasteiger partial charge in [0.15, 0.2) is 23.0 Å². The second-order valence-corrected chi connectivity index (χ2v) is 12.0. The third kappa shape index (κ3) is 6.59. The molecule has 1 aromatic heterocycles. The van der Waals surface area contributed by atoms with Crippen molar-refractivity contribution in [2.75, 3.05) is 13.2 Å². The minimum absolute atomic E-state index is 0.0717. The Morgan fingerprint density at radius 3 is 2.15 bits per heavy atom. The van der Waals surface area contributed by atoms with Crippen molar-refractivity contribution in [3.05, 3.63) is 46.1 Å². The van der Waals surface area contributed by atoms with E-state index < -0.39 is 121 Å². The summed E-state index contributed by atoms with van der Waals surface area (Å²) >= 11 is 0. The van der Waals surface area contributed by atoms with E-state index in [0.717, 1.165) is 24.3 Å². The van der Waals surface area contributed by atoms with Crippen LogP contribution >= 0.6 is 0 Å². The summed E-state index contributed by atoms with van der Waals surface area (Å²) in [4.78, 5) is 38.1. The Balaban J connectivity index is 1.42. The molecule has 2 aliphatic rings. The van der Waals surface area contributed by atoms with E-state index in [1.807, 2.05) is 0 Å². The number of hydrogen-bond acceptors (Lipinski definition) is 20. The quantitative estimate of drug-likeness (QED) is 0.0532. The number of carboxylic acids is 1. The number of benzene rings is 2. The van der Waals surface area contributed by atoms with E-state index in [4.69, 9.17) is 23.4 Å². The minimum atomic E-state index is -3.73. The van der Waals surface area contributed by atoms with Crippen LogP contribution in [0.5, 0.6) is 23.0 Å². The molecule has 21 heteroatoms. The molecule has 2 aromatic carbocycles. The van der Waals surface area contributed by atoms with Crippen LogP contribution in [0.2, 0.25) is 0 Å². The second-order valence-electron chi connectivity index (χ2n) is 12.0. The van der Waals surface area contributed by atoms with Gasteiger partial charge in [0.1, 0.15) is 58.7 Å². The molecule has 0 aliphatic carbocycles. The number of aliphatic hydroxyl groups is 9. The van der Waals surface area contributed by atoms with Crippen LogP contribution in [-0.4, -0.2) is 152 Å². The number of aliphatic carboxylic acids is 1. The fourth-order valence-corrected chi connectivity index (χ4v) is 5.83. The Morgan fingerprint density at radius 1 is 0.827 bits per heavy atom. The predicted molar refractivity (Wildman–Crippen MR) is 163 cm³/mol. The molecule has 0 bridgehead atoms. The van der Waals surface area contributed by atoms with Crippen LogP contribution in [0.25, 0.3) is 22.3 Å². The summed E-state index contributed by atoms with van der Waals surface area (Å²) in [7, 11) is 0. The number of esters is 1. The fraction of sp³-hybridized carbons (Fsp3) is 0.452. The molecule has 3 heterocycles. The van der Waals surface area contributed by atoms with E-state index in [-0.39, 0.29) is 34.3 Å². The fourth-order valence-electron chi connectivity index (χ4n) is 5.83. The van der Waals surface area contributed by atoms with Gasteiger partial charge in [0.2, 0.25) is 24.0 Å². The molecule has 5 rings (SSSR count). The number of phenols is 3. The van der Waals surface area contributed by atoms with Crippen LogP contribution in [0, 0.1) is 0 Å². The Labute approximate surface area is 289 Å². The normalized spacial score (nSPS) is 30.2. The summed E-state index contributed by atoms with van der Waals surface area (Å²) < 4.78 is 26.4. The summed E-state index contributed by atoms with van der Waals surface area (Å²) in [6.45, 7) is -1.46. The average molecular weight is 743 g/mol. The third-order valence-corrected chi connectivity index (χ3v) is 8.64. The molecule has 3 aromatic rings. The number of fused-ring (bicyclic) bond motifs is 1. The average Bonchev–Trinajstić information content (AvgIpc) is 3.07. The molecule has 21 nitrogen and oxygen atoms in total. The highest BCUT2D eigenvalue weighted by atomic mass is 16.8. The maximum atomic E-state index is 13.1. The molecule has 0 spiro atoms. The van der Waals surface area contributed by atoms with Crippen LogP contribution in [0.15, 0.2) is 39.5 Å². The Hall–Kier alpha value is -4.65. The number of carboxylic acid groups (broad SMARTS) is 1. The van der Waals surface area contributed by atoms with Crippen molar-refractivity contribution in [3.8, 4) is 34.3 Å². The van der Waals surface area contributed by atoms with Gasteiger partial charge >= 0.3 is 11.9 Å². The van der Waals surface area contributed by atoms with Crippen LogP contribution < -0.4 is 10.2 Å². The molecule has 284 valence electrons. The van der Waals surface area contributed by atoms with Gasteiger partial charge in [0, 0.05) is 49.0 Å². The lowest BCUT2D eigenvalue weighted by atomic mass is 9.80. The van der Waals surface area contributed by atoms with Gasteiger partial charge < -0.3 is 89.7 Å². The highest BCUT2D eigenvalue weighted by molar-refractivity contribution is 5.86. The summed E-state index contributed by atoms with van der Waals surface area (Å²) in [5.74, 6) is -10.1. The first-order valence-electron chi connectivity index (χ1n) is 15.2. The van der Waals surface area contributed by atoms with Crippen LogP contribution in [-0.2, 0) is 30.2 Å². The van der Waals surface area contributed by atoms with Crippen molar-refractivity contribution in [2.24, 2.45) is 0 Å². The summed E-state index contributed by atoms with van der Waals surface area (Å²) in [5.41, 5.74) is -4.20. The summed E-state index contributed by atoms with van der Waals surface area (Å²) in [6.07, 6.45) is -20.1. The lowest BCUT2D eigenvalue weighted by Crippen LogP contribution is -2.76. The zero-order valence-electron chi connectivity index (χ0n) is 26.4. The molecule has 13 N–H and O–H groups in total. The Bertz CT molecular complexity index is 1890. The Kier molecular flexibility index (Phi) is 10.7. The predicted octanol–water partition coefficient (Wildman–Crippen LogP) is -4.19. The molecular weight excluding hydrogens is 708 g/mol. The molecular formula is C31H34O21. The zero-order chi connectivity index (χ0) is 38.4. The van der Waals surface area contributed by atoms with Crippen LogP contribution in [0.3, 0.4) is 0 Å². The van der Waals surface area contributed by atoms with Crippen LogP contribution in [0.1, 0.15) is 12.0 Å². The SMILES string of the molecule is O=C(O[C@H]1O[C@](CCO)(C(=O)O)C(O)(O)[C@H](O)[C@H]1O)[C@H]1O[C@H](Oc2cc(O)c3c(=O)cc(-c4cc(O)c(O)c(CCO)c4)oc3c2)[C@H](O)[C@@H](O)[C@@H]1O. The van der Waals surface area contributed by atoms with Crippen molar-refractivity contribution < 1.29 is 99.3 Å². The van der Waals surface area contributed by atoms with E-state index in [1.165, 1.54) is 6.07 Å². The van der Waals surface area contributed by atoms with E-state index in [2.05, 4.69) is 0 Å². The number of aromatic hydroxyl groups is 3. The number of phenolic OH excluding ortho intramolecular Hbond substituents is 3. The highest BCUT2D eigenvalue weighted by Gasteiger charge is 2.68. The zero-order valence-corrected chi connectivity index (χ0v) is 26.4. The Morgan fingerprint density at radius 2 is 1.52 bits per heavy atom. The van der Waals surface area contributed by atoms with Crippen molar-refractivity contribution >= 4 is 22.9 Å². The molecule has 2 saturated heterocycles. The number of ether oxygens (including phenoxy) is 4. The number of aliphatic hydroxyl groups excluding tert-OH is 7. The lowest BCUT2D eigenvalue weighted by molar-refractivity contribution is -0.407. The maximum Gasteiger partial charge on any atom is 0.342 e. The number of carbonyl (C=O) groups excluding carboxylic acids is 1. The third-order valence-electron chi connectivity index (χ3n) is 8.64. The summed E-state index contributed by atoms with van der Waals surface area (Å²) in [6, 6.07) is 5.24. The topological polar surface area (TPSA) is 364 Å². The molecule has 0 saturated carbocycles. The monoisotopic (exact) mass is 742 g/mol. The molecule has 0 radical (unpaired) electrons. The minimum Gasteiger partial charge on any atom is -0.507 e. The number of carbonyl (C=O) groups is 2. The standard InChI is InChI=1S/C31H34O21/c32-3-1-10-5-11(6-15(36)19(10)37)16-9-14(35)18-13(34)7-12(8-17(18)49-16)48-27-22(40)20(38)21(39)24(50-27)26(43)51-28-23(41)25(42)31(46,47)30(52-28,2-4-33)29(44)45/h5-9,20-25,27-28,32-34,36-42,46-47H,1-4H2,(H,44,45)/t20-,21-,22+,23+,24-,25+,27-,28-,30+/m0/s1. The van der Waals surface area contributed by atoms with E-state index in [0.29, 0.717) is 0 Å². The van der Waals surface area contributed by atoms with Crippen LogP contribution in [0.4, 0.5) is 0 Å². The van der Waals surface area contributed by atoms with Gasteiger partial charge in [-0.1, -0.05) is 0 Å². The van der Waals surface area contributed by atoms with Gasteiger partial charge in [0.25, 0.3) is 0 Å². The van der Waals surface area contributed by atoms with Gasteiger partial charge in [-0.3, -0.25) is 4.79 Å². The van der Waals surface area contributed by atoms with Gasteiger partial charge in [-0.05, 0) is 18.6 Å². The van der Waals surface area contributed by atoms with Gasteiger partial charge in [-0.25, -0.2) is 9.59 Å². The molecule has 2 aliphatic heterocycles. The first-order valence-corrected chi connectivity index (χ1v) is 15.2. The number of hydrogen-bond donors (Lipinski definition) is 13. The van der Waals surface area contributed by atoms with Gasteiger partial charge in [0.05, 0.1) is 0 Å². The highest BCUT2D eigenvalue weighted by Crippen LogP contribution is 2.41. The smallest absolute Gasteiger partial charge is 0.342 e. The molecule has 0 amide bonds. The summed E-state index contributed by atoms with van der Waals surface area (Å²) in [5, 5.41) is 132. The van der Waals surface area contributed by atoms with E-state index in [1.54, 1.807) is 0 Å². The largest absolute Gasteiger partial charge is 0.507 e. The van der Waals surface area contributed by atoms with Crippen molar-refractivity contribution in [1.82, 2.24) is 0 Å².